The second kappa shape index (κ2) is 11.9. The van der Waals surface area contributed by atoms with Crippen molar-refractivity contribution in [3.63, 3.8) is 0 Å². The summed E-state index contributed by atoms with van der Waals surface area (Å²) in [4.78, 5) is 45.4. The van der Waals surface area contributed by atoms with Gasteiger partial charge in [0.25, 0.3) is 0 Å². The van der Waals surface area contributed by atoms with Crippen molar-refractivity contribution in [2.75, 3.05) is 26.4 Å². The van der Waals surface area contributed by atoms with Gasteiger partial charge in [0.1, 0.15) is 11.1 Å². The largest absolute Gasteiger partial charge is 0.462 e. The number of carbonyl (C=O) groups is 4. The van der Waals surface area contributed by atoms with Gasteiger partial charge in [0, 0.05) is 0 Å². The van der Waals surface area contributed by atoms with E-state index in [-0.39, 0.29) is 37.6 Å². The highest BCUT2D eigenvalue weighted by molar-refractivity contribution is 6.13. The van der Waals surface area contributed by atoms with Gasteiger partial charge < -0.3 is 18.9 Å². The van der Waals surface area contributed by atoms with E-state index in [1.165, 1.54) is 0 Å². The number of rotatable bonds is 11. The molecular weight excluding hydrogens is 320 g/mol. The second-order valence-electron chi connectivity index (χ2n) is 4.38. The maximum absolute atomic E-state index is 11.5. The van der Waals surface area contributed by atoms with Crippen molar-refractivity contribution in [2.24, 2.45) is 0 Å². The molecule has 0 spiro atoms. The SMILES string of the molecule is C=C(C(=O)OCC)C(=O)OCCCCOC(=O)C(=C)C(=O)OCC. The molecule has 0 N–H and O–H groups in total. The molecule has 0 aromatic carbocycles. The lowest BCUT2D eigenvalue weighted by Gasteiger charge is -2.08. The minimum absolute atomic E-state index is 0.0215. The van der Waals surface area contributed by atoms with Crippen LogP contribution in [-0.2, 0) is 38.1 Å². The lowest BCUT2D eigenvalue weighted by molar-refractivity contribution is -0.149. The molecule has 134 valence electrons. The molecule has 0 atom stereocenters. The summed E-state index contributed by atoms with van der Waals surface area (Å²) in [6.45, 7) is 10.1. The van der Waals surface area contributed by atoms with Gasteiger partial charge in [0.15, 0.2) is 0 Å². The Morgan fingerprint density at radius 3 is 1.21 bits per heavy atom. The molecule has 8 nitrogen and oxygen atoms in total. The second-order valence-corrected chi connectivity index (χ2v) is 4.38. The molecule has 0 amide bonds. The molecule has 0 bridgehead atoms. The summed E-state index contributed by atoms with van der Waals surface area (Å²) in [5.74, 6) is -3.37. The van der Waals surface area contributed by atoms with Gasteiger partial charge in [-0.25, -0.2) is 19.2 Å². The molecule has 0 fully saturated rings. The van der Waals surface area contributed by atoms with Gasteiger partial charge in [-0.1, -0.05) is 13.2 Å². The first-order valence-electron chi connectivity index (χ1n) is 7.41. The summed E-state index contributed by atoms with van der Waals surface area (Å²) in [6, 6.07) is 0. The average Bonchev–Trinajstić information content (AvgIpc) is 2.56. The Kier molecular flexibility index (Phi) is 10.6. The number of ether oxygens (including phenoxy) is 4. The van der Waals surface area contributed by atoms with Crippen molar-refractivity contribution < 1.29 is 38.1 Å². The normalized spacial score (nSPS) is 9.58. The summed E-state index contributed by atoms with van der Waals surface area (Å²) >= 11 is 0. The lowest BCUT2D eigenvalue weighted by atomic mass is 10.3. The summed E-state index contributed by atoms with van der Waals surface area (Å²) in [7, 11) is 0. The molecule has 0 saturated carbocycles. The van der Waals surface area contributed by atoms with Crippen molar-refractivity contribution in [1.29, 1.82) is 0 Å². The van der Waals surface area contributed by atoms with Crippen LogP contribution < -0.4 is 0 Å². The summed E-state index contributed by atoms with van der Waals surface area (Å²) in [6.07, 6.45) is 0.780. The maximum atomic E-state index is 11.5. The molecule has 0 aromatic rings. The predicted octanol–water partition coefficient (Wildman–Crippen LogP) is 1.09. The topological polar surface area (TPSA) is 105 Å². The average molecular weight is 342 g/mol. The van der Waals surface area contributed by atoms with Crippen molar-refractivity contribution in [3.05, 3.63) is 24.3 Å². The van der Waals surface area contributed by atoms with E-state index in [1.54, 1.807) is 13.8 Å². The van der Waals surface area contributed by atoms with Crippen LogP contribution in [0.5, 0.6) is 0 Å². The molecule has 0 aliphatic carbocycles. The molecule has 0 unspecified atom stereocenters. The van der Waals surface area contributed by atoms with Crippen molar-refractivity contribution in [1.82, 2.24) is 0 Å². The van der Waals surface area contributed by atoms with E-state index in [9.17, 15) is 19.2 Å². The standard InChI is InChI=1S/C16H22O8/c1-5-21-13(17)11(3)15(19)23-9-7-8-10-24-16(20)12(4)14(18)22-6-2/h3-10H2,1-2H3. The zero-order valence-corrected chi connectivity index (χ0v) is 13.9. The molecule has 24 heavy (non-hydrogen) atoms. The Balaban J connectivity index is 3.88. The quantitative estimate of drug-likeness (QED) is 0.137. The maximum Gasteiger partial charge on any atom is 0.344 e. The minimum atomic E-state index is -0.860. The van der Waals surface area contributed by atoms with Crippen LogP contribution in [0.1, 0.15) is 26.7 Å². The molecule has 8 heteroatoms. The number of esters is 4. The van der Waals surface area contributed by atoms with Gasteiger partial charge in [-0.05, 0) is 26.7 Å². The summed E-state index contributed by atoms with van der Waals surface area (Å²) in [5.41, 5.74) is -0.761. The third kappa shape index (κ3) is 8.11. The minimum Gasteiger partial charge on any atom is -0.462 e. The van der Waals surface area contributed by atoms with E-state index in [0.29, 0.717) is 12.8 Å². The Hall–Kier alpha value is -2.64. The molecule has 0 aromatic heterocycles. The van der Waals surface area contributed by atoms with Crippen LogP contribution in [0.2, 0.25) is 0 Å². The van der Waals surface area contributed by atoms with E-state index >= 15 is 0 Å². The number of hydrogen-bond acceptors (Lipinski definition) is 8. The third-order valence-corrected chi connectivity index (χ3v) is 2.54. The van der Waals surface area contributed by atoms with Crippen LogP contribution >= 0.6 is 0 Å². The summed E-state index contributed by atoms with van der Waals surface area (Å²) in [5, 5.41) is 0. The fourth-order valence-electron chi connectivity index (χ4n) is 1.31. The van der Waals surface area contributed by atoms with E-state index in [2.05, 4.69) is 22.6 Å². The Morgan fingerprint density at radius 2 is 0.917 bits per heavy atom. The van der Waals surface area contributed by atoms with Crippen LogP contribution in [0.3, 0.4) is 0 Å². The monoisotopic (exact) mass is 342 g/mol. The first-order chi connectivity index (χ1) is 11.3. The van der Waals surface area contributed by atoms with Crippen LogP contribution in [0, 0.1) is 0 Å². The van der Waals surface area contributed by atoms with Gasteiger partial charge in [-0.3, -0.25) is 0 Å². The third-order valence-electron chi connectivity index (χ3n) is 2.54. The zero-order valence-electron chi connectivity index (χ0n) is 13.9. The highest BCUT2D eigenvalue weighted by atomic mass is 16.6. The molecule has 0 saturated heterocycles. The lowest BCUT2D eigenvalue weighted by Crippen LogP contribution is -2.19. The molecular formula is C16H22O8. The highest BCUT2D eigenvalue weighted by Gasteiger charge is 2.19. The summed E-state index contributed by atoms with van der Waals surface area (Å²) < 4.78 is 18.9. The molecule has 0 aliphatic heterocycles. The van der Waals surface area contributed by atoms with Gasteiger partial charge >= 0.3 is 23.9 Å². The smallest absolute Gasteiger partial charge is 0.344 e. The fourth-order valence-corrected chi connectivity index (χ4v) is 1.31. The molecule has 0 rings (SSSR count). The number of carbonyl (C=O) groups excluding carboxylic acids is 4. The number of unbranched alkanes of at least 4 members (excludes halogenated alkanes) is 1. The van der Waals surface area contributed by atoms with Crippen molar-refractivity contribution in [2.45, 2.75) is 26.7 Å². The van der Waals surface area contributed by atoms with Gasteiger partial charge in [0.05, 0.1) is 26.4 Å². The van der Waals surface area contributed by atoms with Gasteiger partial charge in [-0.2, -0.15) is 0 Å². The number of hydrogen-bond donors (Lipinski definition) is 0. The van der Waals surface area contributed by atoms with Crippen LogP contribution in [-0.4, -0.2) is 50.3 Å². The Bertz CT molecular complexity index is 460. The van der Waals surface area contributed by atoms with Crippen molar-refractivity contribution in [3.8, 4) is 0 Å². The fraction of sp³-hybridized carbons (Fsp3) is 0.500. The van der Waals surface area contributed by atoms with Gasteiger partial charge in [-0.15, -0.1) is 0 Å². The van der Waals surface area contributed by atoms with Crippen LogP contribution in [0.25, 0.3) is 0 Å². The molecule has 0 aliphatic rings. The molecule has 0 heterocycles. The Morgan fingerprint density at radius 1 is 0.625 bits per heavy atom. The first-order valence-corrected chi connectivity index (χ1v) is 7.41. The first kappa shape index (κ1) is 21.4. The van der Waals surface area contributed by atoms with Crippen LogP contribution in [0.4, 0.5) is 0 Å². The van der Waals surface area contributed by atoms with Crippen LogP contribution in [0.15, 0.2) is 24.3 Å². The van der Waals surface area contributed by atoms with E-state index in [1.807, 2.05) is 0 Å². The molecule has 0 radical (unpaired) electrons. The van der Waals surface area contributed by atoms with Gasteiger partial charge in [0.2, 0.25) is 0 Å². The van der Waals surface area contributed by atoms with E-state index in [0.717, 1.165) is 0 Å². The predicted molar refractivity (Wildman–Crippen MR) is 82.7 cm³/mol. The van der Waals surface area contributed by atoms with E-state index < -0.39 is 23.9 Å². The highest BCUT2D eigenvalue weighted by Crippen LogP contribution is 2.02. The Labute approximate surface area is 140 Å². The van der Waals surface area contributed by atoms with E-state index in [4.69, 9.17) is 9.47 Å². The van der Waals surface area contributed by atoms with Crippen molar-refractivity contribution >= 4 is 23.9 Å². The zero-order chi connectivity index (χ0) is 18.5.